The molecule has 1 aromatic carbocycles. The molecular weight excluding hydrogens is 278 g/mol. The highest BCUT2D eigenvalue weighted by atomic mass is 35.5. The maximum absolute atomic E-state index is 6.07. The van der Waals surface area contributed by atoms with E-state index in [2.05, 4.69) is 25.5 Å². The summed E-state index contributed by atoms with van der Waals surface area (Å²) < 4.78 is 5.45. The second-order valence-corrected chi connectivity index (χ2v) is 4.36. The largest absolute Gasteiger partial charge is 0.402 e. The second-order valence-electron chi connectivity index (χ2n) is 3.95. The van der Waals surface area contributed by atoms with Gasteiger partial charge in [-0.3, -0.25) is 4.98 Å². The maximum Gasteiger partial charge on any atom is 0.316 e. The first-order valence-electron chi connectivity index (χ1n) is 5.90. The van der Waals surface area contributed by atoms with E-state index in [1.807, 2.05) is 24.3 Å². The van der Waals surface area contributed by atoms with Gasteiger partial charge in [-0.1, -0.05) is 34.9 Å². The van der Waals surface area contributed by atoms with Gasteiger partial charge in [0.2, 0.25) is 0 Å². The number of anilines is 1. The van der Waals surface area contributed by atoms with Crippen LogP contribution in [-0.4, -0.2) is 20.2 Å². The smallest absolute Gasteiger partial charge is 0.316 e. The van der Waals surface area contributed by atoms with Gasteiger partial charge < -0.3 is 9.73 Å². The number of aromatic nitrogens is 4. The van der Waals surface area contributed by atoms with Crippen molar-refractivity contribution in [1.82, 2.24) is 20.2 Å². The van der Waals surface area contributed by atoms with E-state index in [1.54, 1.807) is 18.6 Å². The van der Waals surface area contributed by atoms with Gasteiger partial charge in [0.15, 0.2) is 0 Å². The van der Waals surface area contributed by atoms with Crippen LogP contribution in [0.15, 0.2) is 47.3 Å². The first-order chi connectivity index (χ1) is 9.83. The fourth-order valence-corrected chi connectivity index (χ4v) is 1.82. The van der Waals surface area contributed by atoms with Gasteiger partial charge >= 0.3 is 6.01 Å². The molecule has 0 bridgehead atoms. The second kappa shape index (κ2) is 5.66. The van der Waals surface area contributed by atoms with Gasteiger partial charge in [-0.25, -0.2) is 4.98 Å². The number of benzene rings is 1. The third kappa shape index (κ3) is 2.75. The number of halogens is 1. The molecule has 0 spiro atoms. The molecule has 20 heavy (non-hydrogen) atoms. The van der Waals surface area contributed by atoms with E-state index in [9.17, 15) is 0 Å². The van der Waals surface area contributed by atoms with Crippen molar-refractivity contribution in [2.45, 2.75) is 6.54 Å². The maximum atomic E-state index is 6.07. The molecule has 3 aromatic rings. The summed E-state index contributed by atoms with van der Waals surface area (Å²) >= 11 is 6.07. The molecule has 2 heterocycles. The lowest BCUT2D eigenvalue weighted by molar-refractivity contribution is 0.578. The molecule has 0 atom stereocenters. The molecule has 0 amide bonds. The Labute approximate surface area is 119 Å². The van der Waals surface area contributed by atoms with Crippen molar-refractivity contribution in [1.29, 1.82) is 0 Å². The minimum atomic E-state index is 0.311. The number of rotatable bonds is 4. The lowest BCUT2D eigenvalue weighted by Crippen LogP contribution is -1.99. The first-order valence-corrected chi connectivity index (χ1v) is 6.28. The van der Waals surface area contributed by atoms with Gasteiger partial charge in [-0.05, 0) is 11.6 Å². The number of nitrogens with one attached hydrogen (secondary N) is 1. The quantitative estimate of drug-likeness (QED) is 0.795. The third-order valence-electron chi connectivity index (χ3n) is 2.60. The minimum absolute atomic E-state index is 0.311. The van der Waals surface area contributed by atoms with Crippen LogP contribution >= 0.6 is 11.6 Å². The Balaban J connectivity index is 1.71. The van der Waals surface area contributed by atoms with E-state index in [1.165, 1.54) is 0 Å². The molecule has 3 rings (SSSR count). The SMILES string of the molecule is Clc1ccccc1CNc1nnc(-c2cnccn2)o1. The molecule has 1 N–H and O–H groups in total. The predicted octanol–water partition coefficient (Wildman–Crippen LogP) is 2.79. The van der Waals surface area contributed by atoms with Crippen molar-refractivity contribution in [3.8, 4) is 11.6 Å². The van der Waals surface area contributed by atoms with E-state index < -0.39 is 0 Å². The molecule has 0 aliphatic carbocycles. The van der Waals surface area contributed by atoms with E-state index in [0.29, 0.717) is 29.2 Å². The first kappa shape index (κ1) is 12.6. The average Bonchev–Trinajstić information content (AvgIpc) is 2.96. The molecule has 0 aliphatic heterocycles. The summed E-state index contributed by atoms with van der Waals surface area (Å²) in [7, 11) is 0. The molecule has 7 heteroatoms. The van der Waals surface area contributed by atoms with Gasteiger partial charge in [0.1, 0.15) is 5.69 Å². The summed E-state index contributed by atoms with van der Waals surface area (Å²) in [5.74, 6) is 0.319. The van der Waals surface area contributed by atoms with Crippen molar-refractivity contribution in [2.75, 3.05) is 5.32 Å². The summed E-state index contributed by atoms with van der Waals surface area (Å²) in [5.41, 5.74) is 1.49. The molecule has 100 valence electrons. The lowest BCUT2D eigenvalue weighted by Gasteiger charge is -2.03. The molecule has 0 radical (unpaired) electrons. The van der Waals surface area contributed by atoms with Crippen LogP contribution in [-0.2, 0) is 6.54 Å². The van der Waals surface area contributed by atoms with Crippen LogP contribution in [0.2, 0.25) is 5.02 Å². The topological polar surface area (TPSA) is 76.7 Å². The molecule has 2 aromatic heterocycles. The Morgan fingerprint density at radius 3 is 2.85 bits per heavy atom. The molecule has 6 nitrogen and oxygen atoms in total. The number of nitrogens with zero attached hydrogens (tertiary/aromatic N) is 4. The van der Waals surface area contributed by atoms with Crippen molar-refractivity contribution in [2.24, 2.45) is 0 Å². The van der Waals surface area contributed by atoms with Crippen LogP contribution in [0.5, 0.6) is 0 Å². The van der Waals surface area contributed by atoms with Crippen molar-refractivity contribution < 1.29 is 4.42 Å². The molecule has 0 aliphatic rings. The van der Waals surface area contributed by atoms with E-state index in [0.717, 1.165) is 5.56 Å². The molecule has 0 fully saturated rings. The highest BCUT2D eigenvalue weighted by Gasteiger charge is 2.09. The minimum Gasteiger partial charge on any atom is -0.402 e. The van der Waals surface area contributed by atoms with Crippen LogP contribution in [0.25, 0.3) is 11.6 Å². The van der Waals surface area contributed by atoms with Gasteiger partial charge in [-0.15, -0.1) is 5.10 Å². The molecule has 0 saturated carbocycles. The van der Waals surface area contributed by atoms with Gasteiger partial charge in [0, 0.05) is 24.0 Å². The highest BCUT2D eigenvalue weighted by molar-refractivity contribution is 6.31. The average molecular weight is 288 g/mol. The Morgan fingerprint density at radius 1 is 1.15 bits per heavy atom. The van der Waals surface area contributed by atoms with Crippen LogP contribution < -0.4 is 5.32 Å². The summed E-state index contributed by atoms with van der Waals surface area (Å²) in [6, 6.07) is 7.87. The molecule has 0 saturated heterocycles. The summed E-state index contributed by atoms with van der Waals surface area (Å²) in [5, 5.41) is 11.5. The zero-order chi connectivity index (χ0) is 13.8. The van der Waals surface area contributed by atoms with Gasteiger partial charge in [0.25, 0.3) is 5.89 Å². The Bertz CT molecular complexity index is 701. The Morgan fingerprint density at radius 2 is 2.05 bits per heavy atom. The fourth-order valence-electron chi connectivity index (χ4n) is 1.62. The standard InChI is InChI=1S/C13H10ClN5O/c14-10-4-2-1-3-9(10)7-17-13-19-18-12(20-13)11-8-15-5-6-16-11/h1-6,8H,7H2,(H,17,19). The number of hydrogen-bond acceptors (Lipinski definition) is 6. The van der Waals surface area contributed by atoms with E-state index in [-0.39, 0.29) is 0 Å². The zero-order valence-corrected chi connectivity index (χ0v) is 11.1. The van der Waals surface area contributed by atoms with Crippen LogP contribution in [0, 0.1) is 0 Å². The Hall–Kier alpha value is -2.47. The van der Waals surface area contributed by atoms with Crippen molar-refractivity contribution >= 4 is 17.6 Å². The van der Waals surface area contributed by atoms with E-state index in [4.69, 9.17) is 16.0 Å². The van der Waals surface area contributed by atoms with Crippen molar-refractivity contribution in [3.63, 3.8) is 0 Å². The Kier molecular flexibility index (Phi) is 3.56. The summed E-state index contributed by atoms with van der Waals surface area (Å²) in [6.07, 6.45) is 4.71. The lowest BCUT2D eigenvalue weighted by atomic mass is 10.2. The van der Waals surface area contributed by atoms with Crippen LogP contribution in [0.4, 0.5) is 6.01 Å². The van der Waals surface area contributed by atoms with Gasteiger partial charge in [0.05, 0.1) is 6.20 Å². The monoisotopic (exact) mass is 287 g/mol. The highest BCUT2D eigenvalue weighted by Crippen LogP contribution is 2.19. The van der Waals surface area contributed by atoms with Crippen LogP contribution in [0.3, 0.4) is 0 Å². The number of hydrogen-bond donors (Lipinski definition) is 1. The fraction of sp³-hybridized carbons (Fsp3) is 0.0769. The van der Waals surface area contributed by atoms with Crippen LogP contribution in [0.1, 0.15) is 5.56 Å². The summed E-state index contributed by atoms with van der Waals surface area (Å²) in [4.78, 5) is 8.03. The van der Waals surface area contributed by atoms with Crippen molar-refractivity contribution in [3.05, 3.63) is 53.4 Å². The zero-order valence-electron chi connectivity index (χ0n) is 10.3. The predicted molar refractivity (Wildman–Crippen MR) is 74.1 cm³/mol. The summed E-state index contributed by atoms with van der Waals surface area (Å²) in [6.45, 7) is 0.502. The van der Waals surface area contributed by atoms with Gasteiger partial charge in [-0.2, -0.15) is 0 Å². The van der Waals surface area contributed by atoms with E-state index >= 15 is 0 Å². The molecular formula is C13H10ClN5O. The molecule has 0 unspecified atom stereocenters. The third-order valence-corrected chi connectivity index (χ3v) is 2.96. The normalized spacial score (nSPS) is 10.4.